The number of nitrogens with zero attached hydrogens (tertiary/aromatic N) is 1. The highest BCUT2D eigenvalue weighted by Gasteiger charge is 2.18. The fourth-order valence-electron chi connectivity index (χ4n) is 1.90. The molecular weight excluding hydrogens is 282 g/mol. The van der Waals surface area contributed by atoms with Crippen molar-refractivity contribution in [1.29, 1.82) is 0 Å². The van der Waals surface area contributed by atoms with Crippen molar-refractivity contribution in [3.05, 3.63) is 45.4 Å². The van der Waals surface area contributed by atoms with Gasteiger partial charge in [0, 0.05) is 10.8 Å². The Hall–Kier alpha value is -1.68. The van der Waals surface area contributed by atoms with Crippen LogP contribution in [0.3, 0.4) is 0 Å². The summed E-state index contributed by atoms with van der Waals surface area (Å²) in [6, 6.07) is 5.63. The highest BCUT2D eigenvalue weighted by Crippen LogP contribution is 2.26. The number of aromatic nitrogens is 1. The van der Waals surface area contributed by atoms with Gasteiger partial charge < -0.3 is 4.74 Å². The van der Waals surface area contributed by atoms with Crippen LogP contribution in [0.25, 0.3) is 0 Å². The summed E-state index contributed by atoms with van der Waals surface area (Å²) in [6.07, 6.45) is 0. The van der Waals surface area contributed by atoms with Crippen LogP contribution in [-0.4, -0.2) is 10.8 Å². The number of carbonyl (C=O) groups excluding carboxylic acids is 1. The number of Topliss-reactive ketones (excluding diaryl/α,β-unsaturated/α-hetero) is 1. The Kier molecular flexibility index (Phi) is 4.47. The largest absolute Gasteiger partial charge is 0.486 e. The highest BCUT2D eigenvalue weighted by atomic mass is 32.1. The molecule has 0 spiro atoms. The molecule has 1 aromatic carbocycles. The van der Waals surface area contributed by atoms with Crippen LogP contribution < -0.4 is 4.74 Å². The Morgan fingerprint density at radius 2 is 2.05 bits per heavy atom. The normalized spacial score (nSPS) is 11.5. The van der Waals surface area contributed by atoms with E-state index in [1.54, 1.807) is 18.3 Å². The van der Waals surface area contributed by atoms with E-state index in [1.807, 2.05) is 25.1 Å². The van der Waals surface area contributed by atoms with E-state index in [2.05, 4.69) is 31.1 Å². The van der Waals surface area contributed by atoms with Crippen LogP contribution in [0.15, 0.2) is 23.6 Å². The molecule has 0 atom stereocenters. The Morgan fingerprint density at radius 3 is 2.62 bits per heavy atom. The Balaban J connectivity index is 2.15. The zero-order valence-electron chi connectivity index (χ0n) is 13.2. The summed E-state index contributed by atoms with van der Waals surface area (Å²) < 4.78 is 5.82. The van der Waals surface area contributed by atoms with Crippen LogP contribution in [0, 0.1) is 6.92 Å². The SMILES string of the molecule is CC(=O)c1ccc(C)cc1OCc1nc(C(C)(C)C)cs1. The van der Waals surface area contributed by atoms with Crippen LogP contribution in [-0.2, 0) is 12.0 Å². The van der Waals surface area contributed by atoms with E-state index in [0.717, 1.165) is 16.3 Å². The van der Waals surface area contributed by atoms with Gasteiger partial charge in [-0.25, -0.2) is 4.98 Å². The summed E-state index contributed by atoms with van der Waals surface area (Å²) in [5.41, 5.74) is 2.81. The molecule has 0 saturated carbocycles. The van der Waals surface area contributed by atoms with Gasteiger partial charge in [0.1, 0.15) is 17.4 Å². The molecule has 1 aromatic heterocycles. The molecule has 0 aliphatic carbocycles. The third-order valence-corrected chi connectivity index (χ3v) is 4.01. The quantitative estimate of drug-likeness (QED) is 0.779. The molecule has 0 aliphatic rings. The molecule has 0 N–H and O–H groups in total. The van der Waals surface area contributed by atoms with Gasteiger partial charge in [-0.15, -0.1) is 11.3 Å². The summed E-state index contributed by atoms with van der Waals surface area (Å²) >= 11 is 1.59. The monoisotopic (exact) mass is 303 g/mol. The van der Waals surface area contributed by atoms with E-state index >= 15 is 0 Å². The van der Waals surface area contributed by atoms with Gasteiger partial charge in [0.05, 0.1) is 11.3 Å². The first-order valence-corrected chi connectivity index (χ1v) is 7.84. The molecule has 112 valence electrons. The van der Waals surface area contributed by atoms with Crippen LogP contribution in [0.5, 0.6) is 5.75 Å². The molecule has 0 bridgehead atoms. The fourth-order valence-corrected chi connectivity index (χ4v) is 2.83. The van der Waals surface area contributed by atoms with Crippen molar-refractivity contribution in [2.75, 3.05) is 0 Å². The predicted molar refractivity (Wildman–Crippen MR) is 86.3 cm³/mol. The minimum atomic E-state index is 0.0134. The molecule has 2 rings (SSSR count). The smallest absolute Gasteiger partial charge is 0.163 e. The van der Waals surface area contributed by atoms with Gasteiger partial charge in [-0.1, -0.05) is 26.8 Å². The summed E-state index contributed by atoms with van der Waals surface area (Å²) in [5.74, 6) is 0.648. The minimum absolute atomic E-state index is 0.0134. The number of thiazole rings is 1. The summed E-state index contributed by atoms with van der Waals surface area (Å²) in [6.45, 7) is 10.4. The first kappa shape index (κ1) is 15.7. The van der Waals surface area contributed by atoms with Crippen molar-refractivity contribution >= 4 is 17.1 Å². The molecule has 3 nitrogen and oxygen atoms in total. The molecule has 0 unspecified atom stereocenters. The lowest BCUT2D eigenvalue weighted by molar-refractivity contribution is 0.101. The molecule has 0 amide bonds. The zero-order chi connectivity index (χ0) is 15.6. The van der Waals surface area contributed by atoms with E-state index < -0.39 is 0 Å². The second-order valence-corrected chi connectivity index (χ2v) is 7.16. The predicted octanol–water partition coefficient (Wildman–Crippen LogP) is 4.53. The first-order valence-electron chi connectivity index (χ1n) is 6.96. The number of ether oxygens (including phenoxy) is 1. The lowest BCUT2D eigenvalue weighted by atomic mass is 9.93. The van der Waals surface area contributed by atoms with E-state index in [-0.39, 0.29) is 11.2 Å². The maximum atomic E-state index is 11.6. The number of rotatable bonds is 4. The van der Waals surface area contributed by atoms with Crippen molar-refractivity contribution in [3.63, 3.8) is 0 Å². The van der Waals surface area contributed by atoms with Gasteiger partial charge in [0.25, 0.3) is 0 Å². The number of ketones is 1. The van der Waals surface area contributed by atoms with Gasteiger partial charge in [0.2, 0.25) is 0 Å². The lowest BCUT2D eigenvalue weighted by Gasteiger charge is -2.14. The van der Waals surface area contributed by atoms with Gasteiger partial charge >= 0.3 is 0 Å². The van der Waals surface area contributed by atoms with E-state index in [1.165, 1.54) is 0 Å². The fraction of sp³-hybridized carbons (Fsp3) is 0.412. The topological polar surface area (TPSA) is 39.2 Å². The van der Waals surface area contributed by atoms with E-state index in [0.29, 0.717) is 17.9 Å². The Morgan fingerprint density at radius 1 is 1.33 bits per heavy atom. The molecule has 0 radical (unpaired) electrons. The molecular formula is C17H21NO2S. The van der Waals surface area contributed by atoms with Crippen LogP contribution in [0.1, 0.15) is 54.3 Å². The van der Waals surface area contributed by atoms with Gasteiger partial charge in [0.15, 0.2) is 5.78 Å². The van der Waals surface area contributed by atoms with Crippen molar-refractivity contribution in [1.82, 2.24) is 4.98 Å². The maximum Gasteiger partial charge on any atom is 0.163 e. The number of carbonyl (C=O) groups is 1. The van der Waals surface area contributed by atoms with Crippen LogP contribution in [0.2, 0.25) is 0 Å². The number of hydrogen-bond donors (Lipinski definition) is 0. The molecule has 21 heavy (non-hydrogen) atoms. The second kappa shape index (κ2) is 5.98. The summed E-state index contributed by atoms with van der Waals surface area (Å²) in [5, 5.41) is 3.00. The zero-order valence-corrected chi connectivity index (χ0v) is 14.0. The van der Waals surface area contributed by atoms with Crippen molar-refractivity contribution in [2.45, 2.75) is 46.6 Å². The van der Waals surface area contributed by atoms with E-state index in [9.17, 15) is 4.79 Å². The average molecular weight is 303 g/mol. The van der Waals surface area contributed by atoms with E-state index in [4.69, 9.17) is 4.74 Å². The Labute approximate surface area is 130 Å². The van der Waals surface area contributed by atoms with Crippen molar-refractivity contribution in [2.24, 2.45) is 0 Å². The van der Waals surface area contributed by atoms with Gasteiger partial charge in [-0.3, -0.25) is 4.79 Å². The summed E-state index contributed by atoms with van der Waals surface area (Å²) in [7, 11) is 0. The second-order valence-electron chi connectivity index (χ2n) is 6.22. The molecule has 0 aliphatic heterocycles. The number of aryl methyl sites for hydroxylation is 1. The average Bonchev–Trinajstić information content (AvgIpc) is 2.84. The molecule has 1 heterocycles. The molecule has 4 heteroatoms. The maximum absolute atomic E-state index is 11.6. The van der Waals surface area contributed by atoms with Crippen molar-refractivity contribution in [3.8, 4) is 5.75 Å². The third-order valence-electron chi connectivity index (χ3n) is 3.19. The third kappa shape index (κ3) is 3.91. The lowest BCUT2D eigenvalue weighted by Crippen LogP contribution is -2.11. The highest BCUT2D eigenvalue weighted by molar-refractivity contribution is 7.09. The van der Waals surface area contributed by atoms with Gasteiger partial charge in [-0.05, 0) is 31.5 Å². The molecule has 0 saturated heterocycles. The van der Waals surface area contributed by atoms with Gasteiger partial charge in [-0.2, -0.15) is 0 Å². The van der Waals surface area contributed by atoms with Crippen molar-refractivity contribution < 1.29 is 9.53 Å². The molecule has 2 aromatic rings. The minimum Gasteiger partial charge on any atom is -0.486 e. The number of benzene rings is 1. The van der Waals surface area contributed by atoms with Crippen LogP contribution in [0.4, 0.5) is 0 Å². The van der Waals surface area contributed by atoms with Crippen LogP contribution >= 0.6 is 11.3 Å². The molecule has 0 fully saturated rings. The Bertz CT molecular complexity index is 653. The summed E-state index contributed by atoms with van der Waals surface area (Å²) in [4.78, 5) is 16.2. The number of hydrogen-bond acceptors (Lipinski definition) is 4. The standard InChI is InChI=1S/C17H21NO2S/c1-11-6-7-13(12(2)19)14(8-11)20-9-16-18-15(10-21-16)17(3,4)5/h6-8,10H,9H2,1-5H3. The first-order chi connectivity index (χ1) is 9.77.